The standard InChI is InChI=1S/C19H34O2/c1-13(8-9-14(2)18(3,4)21)15-10-11-16-17(20)7-6-12-19(15,16)5/h8-9,13-17,20-21H,6-7,10-12H2,1-5H3/b9-8+/t13-,14+,15-,16?,17?,19-/m1/s1. The lowest BCUT2D eigenvalue weighted by molar-refractivity contribution is -0.0232. The molecule has 2 heteroatoms. The van der Waals surface area contributed by atoms with Crippen LogP contribution in [0.2, 0.25) is 0 Å². The molecular formula is C19H34O2. The second-order valence-electron chi connectivity index (χ2n) is 8.44. The van der Waals surface area contributed by atoms with Gasteiger partial charge in [0.1, 0.15) is 0 Å². The highest BCUT2D eigenvalue weighted by Gasteiger charge is 2.51. The van der Waals surface area contributed by atoms with Crippen molar-refractivity contribution in [2.24, 2.45) is 29.1 Å². The van der Waals surface area contributed by atoms with Crippen molar-refractivity contribution in [2.75, 3.05) is 0 Å². The summed E-state index contributed by atoms with van der Waals surface area (Å²) < 4.78 is 0. The number of rotatable bonds is 4. The molecule has 2 unspecified atom stereocenters. The Hall–Kier alpha value is -0.340. The van der Waals surface area contributed by atoms with Crippen LogP contribution in [-0.4, -0.2) is 21.9 Å². The average Bonchev–Trinajstić information content (AvgIpc) is 2.73. The SMILES string of the molecule is C[C@H](/C=C/[C@H](C)C(C)(C)O)[C@H]1CCC2C(O)CCC[C@@]21C. The summed E-state index contributed by atoms with van der Waals surface area (Å²) in [6, 6.07) is 0. The highest BCUT2D eigenvalue weighted by molar-refractivity contribution is 5.06. The minimum absolute atomic E-state index is 0.0831. The molecule has 0 heterocycles. The van der Waals surface area contributed by atoms with E-state index in [4.69, 9.17) is 0 Å². The van der Waals surface area contributed by atoms with Crippen LogP contribution >= 0.6 is 0 Å². The smallest absolute Gasteiger partial charge is 0.0651 e. The van der Waals surface area contributed by atoms with Crippen LogP contribution in [0.5, 0.6) is 0 Å². The second kappa shape index (κ2) is 6.04. The Morgan fingerprint density at radius 2 is 1.81 bits per heavy atom. The summed E-state index contributed by atoms with van der Waals surface area (Å²) in [6.07, 6.45) is 10.2. The molecule has 21 heavy (non-hydrogen) atoms. The fraction of sp³-hybridized carbons (Fsp3) is 0.895. The van der Waals surface area contributed by atoms with E-state index in [1.54, 1.807) is 0 Å². The Balaban J connectivity index is 2.06. The Bertz CT molecular complexity index is 382. The Labute approximate surface area is 130 Å². The average molecular weight is 294 g/mol. The molecule has 2 aliphatic carbocycles. The van der Waals surface area contributed by atoms with Gasteiger partial charge in [-0.3, -0.25) is 0 Å². The number of hydrogen-bond acceptors (Lipinski definition) is 2. The Kier molecular flexibility index (Phi) is 4.90. The zero-order valence-corrected chi connectivity index (χ0v) is 14.5. The molecule has 2 saturated carbocycles. The molecule has 0 bridgehead atoms. The van der Waals surface area contributed by atoms with E-state index < -0.39 is 5.60 Å². The van der Waals surface area contributed by atoms with Gasteiger partial charge in [0.2, 0.25) is 0 Å². The van der Waals surface area contributed by atoms with Crippen molar-refractivity contribution in [1.29, 1.82) is 0 Å². The Morgan fingerprint density at radius 1 is 1.14 bits per heavy atom. The molecule has 6 atom stereocenters. The van der Waals surface area contributed by atoms with Gasteiger partial charge in [0.25, 0.3) is 0 Å². The normalized spacial score (nSPS) is 40.2. The predicted molar refractivity (Wildman–Crippen MR) is 87.9 cm³/mol. The number of allylic oxidation sites excluding steroid dienone is 1. The molecule has 2 N–H and O–H groups in total. The fourth-order valence-electron chi connectivity index (χ4n) is 4.76. The number of aliphatic hydroxyl groups is 2. The summed E-state index contributed by atoms with van der Waals surface area (Å²) in [5.41, 5.74) is -0.348. The van der Waals surface area contributed by atoms with Crippen LogP contribution in [0.4, 0.5) is 0 Å². The maximum Gasteiger partial charge on any atom is 0.0651 e. The highest BCUT2D eigenvalue weighted by Crippen LogP contribution is 2.57. The van der Waals surface area contributed by atoms with Gasteiger partial charge in [0.15, 0.2) is 0 Å². The predicted octanol–water partition coefficient (Wildman–Crippen LogP) is 4.16. The van der Waals surface area contributed by atoms with Gasteiger partial charge in [0.05, 0.1) is 11.7 Å². The molecule has 2 rings (SSSR count). The van der Waals surface area contributed by atoms with Crippen LogP contribution in [0.25, 0.3) is 0 Å². The number of aliphatic hydroxyl groups excluding tert-OH is 1. The molecule has 0 aromatic heterocycles. The molecule has 2 fully saturated rings. The van der Waals surface area contributed by atoms with E-state index in [0.717, 1.165) is 6.42 Å². The molecule has 122 valence electrons. The van der Waals surface area contributed by atoms with E-state index in [9.17, 15) is 10.2 Å². The first-order chi connectivity index (χ1) is 9.66. The third-order valence-corrected chi connectivity index (χ3v) is 6.61. The topological polar surface area (TPSA) is 40.5 Å². The summed E-state index contributed by atoms with van der Waals surface area (Å²) in [6.45, 7) is 10.5. The molecule has 0 saturated heterocycles. The summed E-state index contributed by atoms with van der Waals surface area (Å²) in [5, 5.41) is 20.4. The maximum atomic E-state index is 10.3. The van der Waals surface area contributed by atoms with Gasteiger partial charge < -0.3 is 10.2 Å². The van der Waals surface area contributed by atoms with Crippen molar-refractivity contribution in [3.63, 3.8) is 0 Å². The minimum atomic E-state index is -0.653. The quantitative estimate of drug-likeness (QED) is 0.764. The van der Waals surface area contributed by atoms with Gasteiger partial charge in [-0.1, -0.05) is 39.3 Å². The van der Waals surface area contributed by atoms with Crippen LogP contribution in [0, 0.1) is 29.1 Å². The second-order valence-corrected chi connectivity index (χ2v) is 8.44. The van der Waals surface area contributed by atoms with Crippen molar-refractivity contribution in [2.45, 2.75) is 78.4 Å². The van der Waals surface area contributed by atoms with Crippen LogP contribution in [0.1, 0.15) is 66.7 Å². The van der Waals surface area contributed by atoms with Gasteiger partial charge in [-0.2, -0.15) is 0 Å². The highest BCUT2D eigenvalue weighted by atomic mass is 16.3. The van der Waals surface area contributed by atoms with Crippen molar-refractivity contribution in [3.05, 3.63) is 12.2 Å². The summed E-state index contributed by atoms with van der Waals surface area (Å²) in [7, 11) is 0. The van der Waals surface area contributed by atoms with Gasteiger partial charge >= 0.3 is 0 Å². The third-order valence-electron chi connectivity index (χ3n) is 6.61. The van der Waals surface area contributed by atoms with Crippen molar-refractivity contribution >= 4 is 0 Å². The van der Waals surface area contributed by atoms with E-state index >= 15 is 0 Å². The molecule has 0 amide bonds. The molecule has 2 nitrogen and oxygen atoms in total. The van der Waals surface area contributed by atoms with Gasteiger partial charge in [0, 0.05) is 5.92 Å². The third kappa shape index (κ3) is 3.37. The molecule has 0 aliphatic heterocycles. The monoisotopic (exact) mass is 294 g/mol. The summed E-state index contributed by atoms with van der Waals surface area (Å²) in [5.74, 6) is 1.86. The number of hydrogen-bond donors (Lipinski definition) is 2. The largest absolute Gasteiger partial charge is 0.393 e. The molecule has 0 aromatic carbocycles. The fourth-order valence-corrected chi connectivity index (χ4v) is 4.76. The van der Waals surface area contributed by atoms with Crippen LogP contribution in [0.15, 0.2) is 12.2 Å². The van der Waals surface area contributed by atoms with E-state index in [1.165, 1.54) is 25.7 Å². The summed E-state index contributed by atoms with van der Waals surface area (Å²) >= 11 is 0. The lowest BCUT2D eigenvalue weighted by atomic mass is 9.62. The maximum absolute atomic E-state index is 10.3. The van der Waals surface area contributed by atoms with E-state index in [0.29, 0.717) is 23.2 Å². The molecule has 0 spiro atoms. The van der Waals surface area contributed by atoms with Crippen molar-refractivity contribution in [3.8, 4) is 0 Å². The molecule has 0 radical (unpaired) electrons. The van der Waals surface area contributed by atoms with E-state index in [1.807, 2.05) is 13.8 Å². The molecular weight excluding hydrogens is 260 g/mol. The Morgan fingerprint density at radius 3 is 2.43 bits per heavy atom. The minimum Gasteiger partial charge on any atom is -0.393 e. The van der Waals surface area contributed by atoms with Crippen molar-refractivity contribution < 1.29 is 10.2 Å². The first-order valence-corrected chi connectivity index (χ1v) is 8.75. The zero-order valence-electron chi connectivity index (χ0n) is 14.5. The van der Waals surface area contributed by atoms with Crippen LogP contribution in [0.3, 0.4) is 0 Å². The van der Waals surface area contributed by atoms with E-state index in [-0.39, 0.29) is 12.0 Å². The van der Waals surface area contributed by atoms with Crippen LogP contribution in [-0.2, 0) is 0 Å². The molecule has 2 aliphatic rings. The lowest BCUT2D eigenvalue weighted by Crippen LogP contribution is -2.41. The first-order valence-electron chi connectivity index (χ1n) is 8.75. The van der Waals surface area contributed by atoms with Crippen molar-refractivity contribution in [1.82, 2.24) is 0 Å². The zero-order chi connectivity index (χ0) is 15.8. The molecule has 0 aromatic rings. The van der Waals surface area contributed by atoms with E-state index in [2.05, 4.69) is 32.9 Å². The number of fused-ring (bicyclic) bond motifs is 1. The summed E-state index contributed by atoms with van der Waals surface area (Å²) in [4.78, 5) is 0. The van der Waals surface area contributed by atoms with Gasteiger partial charge in [-0.05, 0) is 62.7 Å². The van der Waals surface area contributed by atoms with Crippen LogP contribution < -0.4 is 0 Å². The van der Waals surface area contributed by atoms with Gasteiger partial charge in [-0.25, -0.2) is 0 Å². The van der Waals surface area contributed by atoms with Gasteiger partial charge in [-0.15, -0.1) is 0 Å². The lowest BCUT2D eigenvalue weighted by Gasteiger charge is -2.44. The first kappa shape index (κ1) is 17.0.